The topological polar surface area (TPSA) is 144 Å². The zero-order valence-electron chi connectivity index (χ0n) is 29.5. The van der Waals surface area contributed by atoms with Crippen LogP contribution in [-0.2, 0) is 40.8 Å². The molecule has 4 atom stereocenters. The van der Waals surface area contributed by atoms with Gasteiger partial charge in [0.25, 0.3) is 12.3 Å². The molecule has 0 saturated carbocycles. The smallest absolute Gasteiger partial charge is 0.296 e. The number of nitrogens with one attached hydrogen (secondary N) is 2. The Morgan fingerprint density at radius 1 is 1.05 bits per heavy atom. The summed E-state index contributed by atoms with van der Waals surface area (Å²) in [7, 11) is -2.31. The molecule has 2 aliphatic carbocycles. The molecule has 0 bridgehead atoms. The predicted octanol–water partition coefficient (Wildman–Crippen LogP) is 6.28. The minimum absolute atomic E-state index is 0.0226. The molecule has 0 spiro atoms. The van der Waals surface area contributed by atoms with Crippen LogP contribution in [0.5, 0.6) is 0 Å². The molecule has 19 heteroatoms. The highest BCUT2D eigenvalue weighted by Crippen LogP contribution is 2.60. The number of halogens is 7. The predicted molar refractivity (Wildman–Crippen MR) is 193 cm³/mol. The number of aromatic nitrogens is 5. The average molecular weight is 818 g/mol. The molecule has 0 radical (unpaired) electrons. The Balaban J connectivity index is 1.38. The molecule has 0 aliphatic heterocycles. The third-order valence-electron chi connectivity index (χ3n) is 9.37. The number of amides is 1. The van der Waals surface area contributed by atoms with E-state index < -0.39 is 81.8 Å². The van der Waals surface area contributed by atoms with Crippen LogP contribution in [0.4, 0.5) is 32.2 Å². The van der Waals surface area contributed by atoms with Crippen molar-refractivity contribution in [3.63, 3.8) is 0 Å². The highest BCUT2D eigenvalue weighted by molar-refractivity contribution is 7.92. The van der Waals surface area contributed by atoms with Gasteiger partial charge in [-0.2, -0.15) is 19.0 Å². The summed E-state index contributed by atoms with van der Waals surface area (Å²) >= 11 is 6.56. The highest BCUT2D eigenvalue weighted by Gasteiger charge is 2.60. The number of hydrogen-bond acceptors (Lipinski definition) is 7. The monoisotopic (exact) mass is 817 g/mol. The number of carbonyl (C=O) groups excluding carboxylic acids is 1. The lowest BCUT2D eigenvalue weighted by molar-refractivity contribution is -0.123. The van der Waals surface area contributed by atoms with Crippen LogP contribution in [0.15, 0.2) is 54.6 Å². The van der Waals surface area contributed by atoms with Crippen LogP contribution >= 0.6 is 11.6 Å². The van der Waals surface area contributed by atoms with Crippen molar-refractivity contribution in [1.29, 1.82) is 0 Å². The first kappa shape index (κ1) is 38.9. The molecule has 3 aromatic heterocycles. The van der Waals surface area contributed by atoms with Gasteiger partial charge in [0.05, 0.1) is 39.8 Å². The van der Waals surface area contributed by atoms with Crippen molar-refractivity contribution < 1.29 is 44.7 Å². The number of alkyl halides is 4. The number of aliphatic hydroxyl groups excluding tert-OH is 1. The van der Waals surface area contributed by atoms with E-state index in [-0.39, 0.29) is 50.7 Å². The van der Waals surface area contributed by atoms with Crippen molar-refractivity contribution in [3.05, 3.63) is 105 Å². The van der Waals surface area contributed by atoms with Gasteiger partial charge in [0.1, 0.15) is 41.4 Å². The first-order valence-corrected chi connectivity index (χ1v) is 19.1. The molecule has 11 nitrogen and oxygen atoms in total. The largest absolute Gasteiger partial charge is 0.381 e. The maximum absolute atomic E-state index is 15.6. The summed E-state index contributed by atoms with van der Waals surface area (Å²) in [4.78, 5) is 18.6. The Kier molecular flexibility index (Phi) is 9.92. The molecule has 3 N–H and O–H groups in total. The Labute approximate surface area is 320 Å². The van der Waals surface area contributed by atoms with Crippen molar-refractivity contribution in [2.75, 3.05) is 11.0 Å². The van der Waals surface area contributed by atoms with Gasteiger partial charge in [-0.3, -0.25) is 18.9 Å². The van der Waals surface area contributed by atoms with Crippen molar-refractivity contribution in [2.24, 2.45) is 13.0 Å². The molecule has 0 saturated heterocycles. The van der Waals surface area contributed by atoms with Gasteiger partial charge >= 0.3 is 0 Å². The maximum Gasteiger partial charge on any atom is 0.296 e. The molecule has 0 unspecified atom stereocenters. The highest BCUT2D eigenvalue weighted by atomic mass is 35.5. The zero-order valence-corrected chi connectivity index (χ0v) is 31.0. The number of carbonyl (C=O) groups is 1. The van der Waals surface area contributed by atoms with Gasteiger partial charge in [-0.05, 0) is 55.2 Å². The molecule has 7 rings (SSSR count). The molecule has 0 fully saturated rings. The third kappa shape index (κ3) is 7.21. The van der Waals surface area contributed by atoms with Gasteiger partial charge in [0.15, 0.2) is 5.82 Å². The average Bonchev–Trinajstić information content (AvgIpc) is 3.64. The summed E-state index contributed by atoms with van der Waals surface area (Å²) in [6.45, 7) is 0.470. The van der Waals surface area contributed by atoms with Crippen molar-refractivity contribution in [2.45, 2.75) is 50.3 Å². The number of benzene rings is 2. The first-order chi connectivity index (χ1) is 26.3. The van der Waals surface area contributed by atoms with E-state index in [1.165, 1.54) is 42.9 Å². The van der Waals surface area contributed by atoms with Gasteiger partial charge in [-0.25, -0.2) is 31.0 Å². The molecule has 3 heterocycles. The second kappa shape index (κ2) is 14.3. The van der Waals surface area contributed by atoms with Crippen LogP contribution < -0.4 is 10.0 Å². The Morgan fingerprint density at radius 2 is 1.75 bits per heavy atom. The molecule has 292 valence electrons. The van der Waals surface area contributed by atoms with E-state index in [2.05, 4.69) is 37.1 Å². The number of aryl methyl sites for hydroxylation is 1. The molecule has 56 heavy (non-hydrogen) atoms. The van der Waals surface area contributed by atoms with Gasteiger partial charge in [0.2, 0.25) is 15.9 Å². The van der Waals surface area contributed by atoms with E-state index >= 15 is 8.78 Å². The van der Waals surface area contributed by atoms with Crippen molar-refractivity contribution >= 4 is 44.3 Å². The SMILES string of the molecule is C[C@@H](O)C#Cc1ccc(-c2ccc(Cl)c3c(NS(C)(=O)=O)nn(C)c23)c([C@H](Cc2cc(F)cc(F)c2)NC(=O)Cn2nc(C(F)F)c3c2C(F)(F)[C@@H]2C=C[C@H]32)n1. The fraction of sp³-hybridized carbons (Fsp3) is 0.297. The van der Waals surface area contributed by atoms with Crippen LogP contribution in [0, 0.1) is 29.4 Å². The van der Waals surface area contributed by atoms with E-state index in [1.807, 2.05) is 0 Å². The Morgan fingerprint density at radius 3 is 2.38 bits per heavy atom. The number of rotatable bonds is 10. The van der Waals surface area contributed by atoms with Gasteiger partial charge in [-0.15, -0.1) is 0 Å². The number of aliphatic hydroxyl groups is 1. The van der Waals surface area contributed by atoms with E-state index in [9.17, 15) is 35.9 Å². The number of anilines is 1. The second-order valence-corrected chi connectivity index (χ2v) is 15.7. The summed E-state index contributed by atoms with van der Waals surface area (Å²) in [5.74, 6) is -3.66. The van der Waals surface area contributed by atoms with E-state index in [0.717, 1.165) is 18.4 Å². The summed E-state index contributed by atoms with van der Waals surface area (Å²) in [6, 6.07) is 7.44. The minimum atomic E-state index is -3.83. The number of pyridine rings is 1. The van der Waals surface area contributed by atoms with Crippen LogP contribution in [0.1, 0.15) is 59.2 Å². The summed E-state index contributed by atoms with van der Waals surface area (Å²) in [5.41, 5.74) is -0.955. The van der Waals surface area contributed by atoms with Crippen LogP contribution in [-0.4, -0.2) is 56.3 Å². The lowest BCUT2D eigenvalue weighted by Crippen LogP contribution is -2.35. The normalized spacial score (nSPS) is 17.9. The Bertz CT molecular complexity index is 2610. The number of nitrogens with zero attached hydrogens (tertiary/aromatic N) is 5. The molecular formula is C37H30ClF6N7O4S. The molecule has 2 aliphatic rings. The van der Waals surface area contributed by atoms with Crippen LogP contribution in [0.3, 0.4) is 0 Å². The van der Waals surface area contributed by atoms with E-state index in [4.69, 9.17) is 11.6 Å². The van der Waals surface area contributed by atoms with Crippen molar-refractivity contribution in [1.82, 2.24) is 29.9 Å². The van der Waals surface area contributed by atoms with E-state index in [1.54, 1.807) is 12.1 Å². The summed E-state index contributed by atoms with van der Waals surface area (Å²) in [6.07, 6.45) is -1.10. The zero-order chi connectivity index (χ0) is 40.4. The number of hydrogen-bond donors (Lipinski definition) is 3. The summed E-state index contributed by atoms with van der Waals surface area (Å²) in [5, 5.41) is 20.9. The Hall–Kier alpha value is -5.38. The fourth-order valence-corrected chi connectivity index (χ4v) is 7.91. The molecule has 5 aromatic rings. The lowest BCUT2D eigenvalue weighted by atomic mass is 9.81. The first-order valence-electron chi connectivity index (χ1n) is 16.9. The summed E-state index contributed by atoms with van der Waals surface area (Å²) < 4.78 is 117. The number of fused-ring (bicyclic) bond motifs is 4. The standard InChI is InChI=1S/C37H30ClF6N7O4S/c1-17(52)4-5-21-6-7-22(23-9-11-26(38)30-33(23)50(2)48-36(30)49-56(3,54)55)31(45-21)27(14-18-12-19(39)15-20(40)13-18)46-28(53)16-51-34-29(32(47-51)35(41)42)24-8-10-25(24)37(34,43)44/h6-13,15,17,24-25,27,35,52H,14,16H2,1-3H3,(H,46,53)(H,48,49)/t17-,24+,25-,27+/m1/s1. The lowest BCUT2D eigenvalue weighted by Gasteiger charge is -2.27. The van der Waals surface area contributed by atoms with Gasteiger partial charge in [-0.1, -0.05) is 35.7 Å². The molecule has 2 aromatic carbocycles. The van der Waals surface area contributed by atoms with Gasteiger partial charge < -0.3 is 10.4 Å². The number of sulfonamides is 1. The second-order valence-electron chi connectivity index (χ2n) is 13.5. The van der Waals surface area contributed by atoms with Gasteiger partial charge in [0, 0.05) is 35.7 Å². The van der Waals surface area contributed by atoms with Crippen LogP contribution in [0.2, 0.25) is 5.02 Å². The molecule has 1 amide bonds. The quantitative estimate of drug-likeness (QED) is 0.0856. The minimum Gasteiger partial charge on any atom is -0.381 e. The third-order valence-corrected chi connectivity index (χ3v) is 10.2. The number of allylic oxidation sites excluding steroid dienone is 2. The molecular weight excluding hydrogens is 788 g/mol. The van der Waals surface area contributed by atoms with Crippen molar-refractivity contribution in [3.8, 4) is 23.0 Å². The van der Waals surface area contributed by atoms with Crippen LogP contribution in [0.25, 0.3) is 22.0 Å². The fourth-order valence-electron chi connectivity index (χ4n) is 7.18. The maximum atomic E-state index is 15.6. The van der Waals surface area contributed by atoms with E-state index in [0.29, 0.717) is 21.8 Å².